The molecule has 0 aliphatic heterocycles. The van der Waals surface area contributed by atoms with Crippen LogP contribution < -0.4 is 0 Å². The van der Waals surface area contributed by atoms with Crippen molar-refractivity contribution in [2.24, 2.45) is 9.98 Å². The predicted octanol–water partition coefficient (Wildman–Crippen LogP) is 11.4. The third-order valence-electron chi connectivity index (χ3n) is 8.95. The molecule has 0 aliphatic carbocycles. The summed E-state index contributed by atoms with van der Waals surface area (Å²) < 4.78 is 8.81. The van der Waals surface area contributed by atoms with Crippen LogP contribution in [0.4, 0.5) is 0 Å². The molecule has 0 unspecified atom stereocenters. The Hall–Kier alpha value is -6.26. The van der Waals surface area contributed by atoms with Gasteiger partial charge in [-0.15, -0.1) is 0 Å². The van der Waals surface area contributed by atoms with Crippen molar-refractivity contribution in [2.75, 3.05) is 0 Å². The van der Waals surface area contributed by atoms with Crippen LogP contribution in [0.2, 0.25) is 0 Å². The molecule has 0 aliphatic rings. The van der Waals surface area contributed by atoms with Crippen LogP contribution in [0.3, 0.4) is 0 Å². The average Bonchev–Trinajstić information content (AvgIpc) is 3.66. The number of para-hydroxylation sites is 1. The zero-order valence-electron chi connectivity index (χ0n) is 25.9. The molecule has 0 N–H and O–H groups in total. The number of allylic oxidation sites excluding steroid dienone is 5. The van der Waals surface area contributed by atoms with Crippen molar-refractivity contribution in [1.82, 2.24) is 4.57 Å². The largest absolute Gasteiger partial charge is 0.455 e. The zero-order chi connectivity index (χ0) is 31.9. The molecule has 2 heterocycles. The molecule has 0 amide bonds. The van der Waals surface area contributed by atoms with Gasteiger partial charge in [-0.25, -0.2) is 0 Å². The van der Waals surface area contributed by atoms with Crippen LogP contribution in [0.25, 0.3) is 71.0 Å². The number of aliphatic imine (C=N–C) groups is 2. The Morgan fingerprint density at radius 3 is 2.26 bits per heavy atom. The molecule has 0 fully saturated rings. The molecule has 0 radical (unpaired) electrons. The highest BCUT2D eigenvalue weighted by molar-refractivity contribution is 6.29. The van der Waals surface area contributed by atoms with E-state index in [9.17, 15) is 0 Å². The lowest BCUT2D eigenvalue weighted by Gasteiger charge is -2.10. The molecule has 224 valence electrons. The summed E-state index contributed by atoms with van der Waals surface area (Å²) in [5, 5.41) is 9.14. The first-order valence-electron chi connectivity index (χ1n) is 15.6. The monoisotopic (exact) mass is 605 g/mol. The van der Waals surface area contributed by atoms with Gasteiger partial charge in [-0.3, -0.25) is 9.98 Å². The van der Waals surface area contributed by atoms with Crippen LogP contribution in [-0.2, 0) is 6.67 Å². The quantitative estimate of drug-likeness (QED) is 0.125. The topological polar surface area (TPSA) is 42.8 Å². The van der Waals surface area contributed by atoms with Gasteiger partial charge in [-0.2, -0.15) is 0 Å². The Bertz CT molecular complexity index is 2660. The maximum Gasteiger partial charge on any atom is 0.143 e. The van der Waals surface area contributed by atoms with E-state index in [-0.39, 0.29) is 0 Å². The fourth-order valence-electron chi connectivity index (χ4n) is 6.74. The molecule has 0 bridgehead atoms. The van der Waals surface area contributed by atoms with Crippen LogP contribution in [0.15, 0.2) is 173 Å². The first kappa shape index (κ1) is 28.2. The molecule has 4 nitrogen and oxygen atoms in total. The van der Waals surface area contributed by atoms with Gasteiger partial charge >= 0.3 is 0 Å². The van der Waals surface area contributed by atoms with Gasteiger partial charge in [0.05, 0.1) is 22.4 Å². The molecular formula is C43H31N3O. The average molecular weight is 606 g/mol. The smallest absolute Gasteiger partial charge is 0.143 e. The summed E-state index contributed by atoms with van der Waals surface area (Å²) in [5.74, 6) is 0. The number of hydrogen-bond acceptors (Lipinski definition) is 3. The van der Waals surface area contributed by atoms with E-state index in [1.165, 1.54) is 5.39 Å². The Balaban J connectivity index is 1.32. The van der Waals surface area contributed by atoms with Gasteiger partial charge in [0.25, 0.3) is 0 Å². The first-order chi connectivity index (χ1) is 23.2. The predicted molar refractivity (Wildman–Crippen MR) is 202 cm³/mol. The van der Waals surface area contributed by atoms with Crippen molar-refractivity contribution < 1.29 is 4.42 Å². The molecule has 47 heavy (non-hydrogen) atoms. The van der Waals surface area contributed by atoms with Gasteiger partial charge in [0.1, 0.15) is 17.8 Å². The highest BCUT2D eigenvalue weighted by Gasteiger charge is 2.19. The van der Waals surface area contributed by atoms with Gasteiger partial charge in [-0.1, -0.05) is 116 Å². The summed E-state index contributed by atoms with van der Waals surface area (Å²) >= 11 is 0. The van der Waals surface area contributed by atoms with E-state index < -0.39 is 0 Å². The fraction of sp³-hybridized carbons (Fsp3) is 0.0233. The van der Waals surface area contributed by atoms with Crippen molar-refractivity contribution in [3.05, 3.63) is 164 Å². The number of rotatable bonds is 8. The van der Waals surface area contributed by atoms with E-state index in [4.69, 9.17) is 9.41 Å². The molecule has 8 rings (SSSR count). The lowest BCUT2D eigenvalue weighted by atomic mass is 10.0. The Morgan fingerprint density at radius 2 is 1.45 bits per heavy atom. The minimum absolute atomic E-state index is 0.379. The molecule has 0 spiro atoms. The number of aromatic nitrogens is 1. The van der Waals surface area contributed by atoms with Crippen molar-refractivity contribution in [1.29, 1.82) is 0 Å². The van der Waals surface area contributed by atoms with Gasteiger partial charge in [0, 0.05) is 32.5 Å². The van der Waals surface area contributed by atoms with E-state index >= 15 is 0 Å². The second-order valence-corrected chi connectivity index (χ2v) is 11.5. The van der Waals surface area contributed by atoms with E-state index in [0.717, 1.165) is 82.4 Å². The van der Waals surface area contributed by atoms with E-state index in [1.807, 2.05) is 24.3 Å². The molecular weight excluding hydrogens is 574 g/mol. The molecule has 0 atom stereocenters. The Kier molecular flexibility index (Phi) is 6.96. The minimum atomic E-state index is 0.379. The zero-order valence-corrected chi connectivity index (χ0v) is 25.9. The van der Waals surface area contributed by atoms with Crippen molar-refractivity contribution in [3.63, 3.8) is 0 Å². The molecule has 2 aromatic heterocycles. The van der Waals surface area contributed by atoms with Crippen LogP contribution in [0, 0.1) is 0 Å². The Morgan fingerprint density at radius 1 is 0.702 bits per heavy atom. The van der Waals surface area contributed by atoms with Crippen molar-refractivity contribution in [2.45, 2.75) is 6.67 Å². The number of nitrogens with zero attached hydrogens (tertiary/aromatic N) is 3. The highest BCUT2D eigenvalue weighted by atomic mass is 16.3. The highest BCUT2D eigenvalue weighted by Crippen LogP contribution is 2.41. The molecule has 0 saturated heterocycles. The fourth-order valence-corrected chi connectivity index (χ4v) is 6.74. The Labute approximate surface area is 272 Å². The second kappa shape index (κ2) is 11.6. The van der Waals surface area contributed by atoms with Gasteiger partial charge in [0.2, 0.25) is 0 Å². The van der Waals surface area contributed by atoms with Crippen molar-refractivity contribution in [3.8, 4) is 0 Å². The lowest BCUT2D eigenvalue weighted by Crippen LogP contribution is -2.03. The normalized spacial score (nSPS) is 13.0. The second-order valence-electron chi connectivity index (χ2n) is 11.5. The summed E-state index contributed by atoms with van der Waals surface area (Å²) in [7, 11) is 0. The summed E-state index contributed by atoms with van der Waals surface area (Å²) in [5.41, 5.74) is 7.25. The number of fused-ring (bicyclic) bond motifs is 10. The van der Waals surface area contributed by atoms with Gasteiger partial charge in [-0.05, 0) is 64.9 Å². The van der Waals surface area contributed by atoms with Crippen LogP contribution >= 0.6 is 0 Å². The summed E-state index contributed by atoms with van der Waals surface area (Å²) in [4.78, 5) is 9.64. The maximum absolute atomic E-state index is 6.54. The number of hydrogen-bond donors (Lipinski definition) is 0. The molecule has 6 aromatic carbocycles. The third-order valence-corrected chi connectivity index (χ3v) is 8.95. The van der Waals surface area contributed by atoms with E-state index in [1.54, 1.807) is 12.2 Å². The summed E-state index contributed by atoms with van der Waals surface area (Å²) in [6, 6.07) is 40.1. The molecule has 4 heteroatoms. The van der Waals surface area contributed by atoms with Crippen LogP contribution in [-0.4, -0.2) is 17.0 Å². The van der Waals surface area contributed by atoms with E-state index in [2.05, 4.69) is 133 Å². The summed E-state index contributed by atoms with van der Waals surface area (Å²) in [6.07, 6.45) is 7.45. The summed E-state index contributed by atoms with van der Waals surface area (Å²) in [6.45, 7) is 12.3. The SMILES string of the molecule is C=C/C=C(C=C)/C(/C=C(\N=C)c1ccc2ccccc2c1)=N/Cn1c2ccccc2c2c3c(ccc21)oc1c2ccccc2ccc13. The van der Waals surface area contributed by atoms with Gasteiger partial charge in [0.15, 0.2) is 0 Å². The standard InChI is InChI=1S/C43H31N3O/c1-4-12-28(5-2)37(26-36(44-3)32-20-19-29-13-6-7-15-31(29)25-32)45-27-46-38-18-11-10-17-34(38)41-39(46)23-24-40-42(41)35-22-21-30-14-8-9-16-33(30)43(35)47-40/h4-26H,1-3,27H2/b28-12+,36-26-,45-37+. The molecule has 0 saturated carbocycles. The third kappa shape index (κ3) is 4.70. The first-order valence-corrected chi connectivity index (χ1v) is 15.6. The van der Waals surface area contributed by atoms with Crippen LogP contribution in [0.5, 0.6) is 0 Å². The maximum atomic E-state index is 6.54. The van der Waals surface area contributed by atoms with Gasteiger partial charge < -0.3 is 8.98 Å². The van der Waals surface area contributed by atoms with Crippen molar-refractivity contribution >= 4 is 83.4 Å². The van der Waals surface area contributed by atoms with E-state index in [0.29, 0.717) is 6.67 Å². The number of benzene rings is 6. The lowest BCUT2D eigenvalue weighted by molar-refractivity contribution is 0.673. The number of furan rings is 1. The molecule has 8 aromatic rings. The minimum Gasteiger partial charge on any atom is -0.455 e. The van der Waals surface area contributed by atoms with Crippen LogP contribution in [0.1, 0.15) is 5.56 Å².